The van der Waals surface area contributed by atoms with Gasteiger partial charge in [-0.3, -0.25) is 9.59 Å². The first-order valence-electron chi connectivity index (χ1n) is 11.6. The summed E-state index contributed by atoms with van der Waals surface area (Å²) in [4.78, 5) is 35.8. The molecule has 2 aromatic rings. The molecule has 0 spiro atoms. The fourth-order valence-electron chi connectivity index (χ4n) is 4.84. The van der Waals surface area contributed by atoms with Crippen LogP contribution in [0.3, 0.4) is 0 Å². The zero-order valence-electron chi connectivity index (χ0n) is 19.4. The maximum atomic E-state index is 14.9. The molecule has 4 heterocycles. The molecule has 1 aromatic heterocycles. The molecular weight excluding hydrogens is 469 g/mol. The lowest BCUT2D eigenvalue weighted by Crippen LogP contribution is -2.57. The number of nitriles is 1. The number of phenols is 1. The Morgan fingerprint density at radius 3 is 2.72 bits per heavy atom. The van der Waals surface area contributed by atoms with E-state index in [1.165, 1.54) is 18.2 Å². The van der Waals surface area contributed by atoms with Crippen LogP contribution < -0.4 is 9.64 Å². The molecule has 0 saturated carbocycles. The van der Waals surface area contributed by atoms with Gasteiger partial charge in [0.05, 0.1) is 24.8 Å². The highest BCUT2D eigenvalue weighted by Crippen LogP contribution is 2.43. The lowest BCUT2D eigenvalue weighted by atomic mass is 10.00. The number of aromatic hydroxyl groups is 1. The maximum absolute atomic E-state index is 14.9. The van der Waals surface area contributed by atoms with Crippen LogP contribution >= 0.6 is 0 Å². The van der Waals surface area contributed by atoms with Crippen LogP contribution in [0, 0.1) is 17.1 Å². The van der Waals surface area contributed by atoms with Gasteiger partial charge >= 0.3 is 0 Å². The number of anilines is 1. The second kappa shape index (κ2) is 9.47. The Morgan fingerprint density at radius 2 is 2.03 bits per heavy atom. The summed E-state index contributed by atoms with van der Waals surface area (Å²) >= 11 is 0. The van der Waals surface area contributed by atoms with Gasteiger partial charge in [0.1, 0.15) is 46.9 Å². The minimum absolute atomic E-state index is 0.00681. The first-order valence-corrected chi connectivity index (χ1v) is 11.6. The van der Waals surface area contributed by atoms with Crippen molar-refractivity contribution in [1.29, 1.82) is 5.26 Å². The molecule has 0 bridgehead atoms. The van der Waals surface area contributed by atoms with E-state index in [4.69, 9.17) is 9.47 Å². The Kier molecular flexibility index (Phi) is 6.20. The lowest BCUT2D eigenvalue weighted by Gasteiger charge is -2.39. The van der Waals surface area contributed by atoms with Crippen molar-refractivity contribution in [2.75, 3.05) is 57.4 Å². The van der Waals surface area contributed by atoms with E-state index in [1.54, 1.807) is 9.80 Å². The van der Waals surface area contributed by atoms with Gasteiger partial charge in [0, 0.05) is 32.7 Å². The lowest BCUT2D eigenvalue weighted by molar-refractivity contribution is -0.128. The van der Waals surface area contributed by atoms with Crippen molar-refractivity contribution >= 4 is 17.6 Å². The van der Waals surface area contributed by atoms with Crippen molar-refractivity contribution in [1.82, 2.24) is 14.8 Å². The predicted molar refractivity (Wildman–Crippen MR) is 126 cm³/mol. The van der Waals surface area contributed by atoms with Gasteiger partial charge in [-0.2, -0.15) is 5.26 Å². The minimum Gasteiger partial charge on any atom is -0.507 e. The number of pyridine rings is 1. The van der Waals surface area contributed by atoms with Gasteiger partial charge in [-0.25, -0.2) is 9.37 Å². The normalized spacial score (nSPS) is 19.5. The summed E-state index contributed by atoms with van der Waals surface area (Å²) in [5.74, 6) is -1.54. The number of piperazine rings is 1. The van der Waals surface area contributed by atoms with Crippen molar-refractivity contribution in [2.45, 2.75) is 6.04 Å². The van der Waals surface area contributed by atoms with Crippen molar-refractivity contribution in [3.63, 3.8) is 0 Å². The molecule has 0 aliphatic carbocycles. The zero-order valence-corrected chi connectivity index (χ0v) is 19.4. The SMILES string of the molecule is C=CC(=O)N1CCN2C(=O)c3c(N4CCOCC4)nc(-c4c(O)cccc4F)c(C#N)c3OCC2C1. The number of phenolic OH excluding ortho intramolecular Hbond substituents is 1. The van der Waals surface area contributed by atoms with E-state index in [0.29, 0.717) is 32.8 Å². The van der Waals surface area contributed by atoms with Crippen LogP contribution in [0.2, 0.25) is 0 Å². The predicted octanol–water partition coefficient (Wildman–Crippen LogP) is 1.53. The number of nitrogens with zero attached hydrogens (tertiary/aromatic N) is 5. The highest BCUT2D eigenvalue weighted by Gasteiger charge is 2.41. The molecule has 1 aromatic carbocycles. The highest BCUT2D eigenvalue weighted by molar-refractivity contribution is 6.04. The van der Waals surface area contributed by atoms with Crippen LogP contribution in [0.5, 0.6) is 11.5 Å². The summed E-state index contributed by atoms with van der Waals surface area (Å²) in [6, 6.07) is 5.37. The third-order valence-electron chi connectivity index (χ3n) is 6.65. The van der Waals surface area contributed by atoms with Gasteiger partial charge in [0.25, 0.3) is 5.91 Å². The van der Waals surface area contributed by atoms with E-state index in [2.05, 4.69) is 11.6 Å². The van der Waals surface area contributed by atoms with E-state index < -0.39 is 11.9 Å². The quantitative estimate of drug-likeness (QED) is 0.640. The number of hydrogen-bond donors (Lipinski definition) is 1. The number of carbonyl (C=O) groups excluding carboxylic acids is 2. The Morgan fingerprint density at radius 1 is 1.25 bits per heavy atom. The van der Waals surface area contributed by atoms with Crippen LogP contribution in [-0.2, 0) is 9.53 Å². The summed E-state index contributed by atoms with van der Waals surface area (Å²) in [7, 11) is 0. The molecule has 10 nitrogen and oxygen atoms in total. The topological polar surface area (TPSA) is 119 Å². The number of rotatable bonds is 3. The Balaban J connectivity index is 1.69. The van der Waals surface area contributed by atoms with Crippen LogP contribution in [0.4, 0.5) is 10.2 Å². The molecule has 2 amide bonds. The first-order chi connectivity index (χ1) is 17.4. The van der Waals surface area contributed by atoms with Crippen LogP contribution in [-0.4, -0.2) is 90.3 Å². The van der Waals surface area contributed by atoms with Gasteiger partial charge < -0.3 is 29.3 Å². The highest BCUT2D eigenvalue weighted by atomic mass is 19.1. The third-order valence-corrected chi connectivity index (χ3v) is 6.65. The van der Waals surface area contributed by atoms with Gasteiger partial charge in [-0.05, 0) is 18.2 Å². The fraction of sp³-hybridized carbons (Fsp3) is 0.360. The average Bonchev–Trinajstić information content (AvgIpc) is 3.04. The van der Waals surface area contributed by atoms with E-state index in [1.807, 2.05) is 11.0 Å². The van der Waals surface area contributed by atoms with Crippen LogP contribution in [0.1, 0.15) is 15.9 Å². The van der Waals surface area contributed by atoms with Crippen molar-refractivity contribution < 1.29 is 28.6 Å². The number of hydrogen-bond acceptors (Lipinski definition) is 8. The molecule has 2 saturated heterocycles. The Hall–Kier alpha value is -4.17. The fourth-order valence-corrected chi connectivity index (χ4v) is 4.84. The molecule has 2 fully saturated rings. The van der Waals surface area contributed by atoms with Crippen molar-refractivity contribution in [3.05, 3.63) is 47.8 Å². The molecule has 1 unspecified atom stereocenters. The summed E-state index contributed by atoms with van der Waals surface area (Å²) in [6.07, 6.45) is 1.23. The molecule has 5 rings (SSSR count). The van der Waals surface area contributed by atoms with Gasteiger partial charge in [-0.1, -0.05) is 12.6 Å². The summed E-state index contributed by atoms with van der Waals surface area (Å²) in [6.45, 7) is 6.04. The van der Waals surface area contributed by atoms with E-state index in [9.17, 15) is 24.3 Å². The molecule has 3 aliphatic heterocycles. The number of aromatic nitrogens is 1. The van der Waals surface area contributed by atoms with Gasteiger partial charge in [0.2, 0.25) is 5.91 Å². The van der Waals surface area contributed by atoms with Crippen molar-refractivity contribution in [3.8, 4) is 28.8 Å². The molecule has 0 radical (unpaired) electrons. The molecule has 3 aliphatic rings. The summed E-state index contributed by atoms with van der Waals surface area (Å²) in [5, 5.41) is 20.6. The summed E-state index contributed by atoms with van der Waals surface area (Å²) in [5.41, 5.74) is -0.384. The van der Waals surface area contributed by atoms with E-state index in [-0.39, 0.29) is 71.2 Å². The molecule has 11 heteroatoms. The van der Waals surface area contributed by atoms with E-state index >= 15 is 0 Å². The Labute approximate surface area is 206 Å². The second-order valence-corrected chi connectivity index (χ2v) is 8.66. The molecule has 1 N–H and O–H groups in total. The largest absolute Gasteiger partial charge is 0.507 e. The number of morpholine rings is 1. The van der Waals surface area contributed by atoms with Crippen LogP contribution in [0.25, 0.3) is 11.3 Å². The molecule has 1 atom stereocenters. The van der Waals surface area contributed by atoms with Gasteiger partial charge in [-0.15, -0.1) is 0 Å². The standard InChI is InChI=1S/C25H24FN5O5/c1-2-19(33)30-6-7-31-15(13-30)14-36-23-16(12-27)22(20-17(26)4-3-5-18(20)32)28-24(21(23)25(31)34)29-8-10-35-11-9-29/h2-5,15,32H,1,6-11,13-14H2. The average molecular weight is 493 g/mol. The van der Waals surface area contributed by atoms with Crippen LogP contribution in [0.15, 0.2) is 30.9 Å². The number of halogens is 1. The number of amides is 2. The molecular formula is C25H24FN5O5. The smallest absolute Gasteiger partial charge is 0.261 e. The maximum Gasteiger partial charge on any atom is 0.261 e. The monoisotopic (exact) mass is 493 g/mol. The van der Waals surface area contributed by atoms with Crippen molar-refractivity contribution in [2.24, 2.45) is 0 Å². The number of carbonyl (C=O) groups is 2. The number of ether oxygens (including phenoxy) is 2. The first kappa shape index (κ1) is 23.6. The summed E-state index contributed by atoms with van der Waals surface area (Å²) < 4.78 is 26.5. The third kappa shape index (κ3) is 3.89. The Bertz CT molecular complexity index is 1270. The minimum atomic E-state index is -0.761. The molecule has 186 valence electrons. The number of fused-ring (bicyclic) bond motifs is 2. The number of benzene rings is 1. The van der Waals surface area contributed by atoms with E-state index in [0.717, 1.165) is 6.07 Å². The van der Waals surface area contributed by atoms with Gasteiger partial charge in [0.15, 0.2) is 5.75 Å². The zero-order chi connectivity index (χ0) is 25.4. The second-order valence-electron chi connectivity index (χ2n) is 8.66. The molecule has 36 heavy (non-hydrogen) atoms.